The highest BCUT2D eigenvalue weighted by Gasteiger charge is 2.39. The maximum absolute atomic E-state index is 12.6. The summed E-state index contributed by atoms with van der Waals surface area (Å²) in [6, 6.07) is 25.9. The minimum atomic E-state index is -0.300. The van der Waals surface area contributed by atoms with Gasteiger partial charge in [0.05, 0.1) is 12.8 Å². The van der Waals surface area contributed by atoms with Crippen molar-refractivity contribution in [1.29, 1.82) is 0 Å². The maximum Gasteiger partial charge on any atom is 0.198 e. The first-order valence-electron chi connectivity index (χ1n) is 10.1. The average molecular weight is 415 g/mol. The Morgan fingerprint density at radius 2 is 1.55 bits per heavy atom. The molecule has 0 saturated heterocycles. The van der Waals surface area contributed by atoms with Gasteiger partial charge in [-0.15, -0.1) is 5.10 Å². The summed E-state index contributed by atoms with van der Waals surface area (Å²) in [7, 11) is 5.67. The number of methoxy groups -OCH3 is 1. The van der Waals surface area contributed by atoms with Gasteiger partial charge in [-0.25, -0.2) is 5.01 Å². The zero-order valence-electron chi connectivity index (χ0n) is 18.2. The summed E-state index contributed by atoms with van der Waals surface area (Å²) in [6.45, 7) is 1.55. The molecule has 0 unspecified atom stereocenters. The molecule has 1 heterocycles. The van der Waals surface area contributed by atoms with Crippen molar-refractivity contribution in [3.8, 4) is 5.75 Å². The van der Waals surface area contributed by atoms with E-state index in [1.165, 1.54) is 0 Å². The second-order valence-corrected chi connectivity index (χ2v) is 7.59. The number of Topliss-reactive ketones (excluding diaryl/α,β-unsaturated/α-hetero) is 1. The van der Waals surface area contributed by atoms with Crippen molar-refractivity contribution in [2.24, 2.45) is 5.10 Å². The molecule has 0 fully saturated rings. The van der Waals surface area contributed by atoms with Crippen molar-refractivity contribution in [3.63, 3.8) is 0 Å². The molecule has 6 nitrogen and oxygen atoms in total. The molecule has 0 aromatic heterocycles. The summed E-state index contributed by atoms with van der Waals surface area (Å²) in [5.41, 5.74) is 3.93. The molecule has 1 atom stereocenters. The van der Waals surface area contributed by atoms with Gasteiger partial charge in [0.15, 0.2) is 17.8 Å². The van der Waals surface area contributed by atoms with Gasteiger partial charge in [-0.05, 0) is 54.1 Å². The number of hydrazone groups is 1. The number of ketones is 1. The fourth-order valence-electron chi connectivity index (χ4n) is 3.69. The van der Waals surface area contributed by atoms with Gasteiger partial charge >= 0.3 is 0 Å². The van der Waals surface area contributed by atoms with E-state index < -0.39 is 0 Å². The minimum Gasteiger partial charge on any atom is -0.497 e. The van der Waals surface area contributed by atoms with Gasteiger partial charge in [0.25, 0.3) is 0 Å². The molecular weight excluding hydrogens is 388 g/mol. The van der Waals surface area contributed by atoms with Gasteiger partial charge in [-0.3, -0.25) is 9.69 Å². The number of carbonyl (C=O) groups excluding carboxylic acids is 1. The van der Waals surface area contributed by atoms with Gasteiger partial charge in [0, 0.05) is 32.4 Å². The van der Waals surface area contributed by atoms with E-state index in [-0.39, 0.29) is 11.9 Å². The van der Waals surface area contributed by atoms with Gasteiger partial charge in [-0.2, -0.15) is 0 Å². The molecule has 6 heteroatoms. The molecular formula is C25H26N4O2. The summed E-state index contributed by atoms with van der Waals surface area (Å²) in [5, 5.41) is 6.66. The highest BCUT2D eigenvalue weighted by atomic mass is 16.5. The Bertz CT molecular complexity index is 1080. The van der Waals surface area contributed by atoms with Crippen molar-refractivity contribution >= 4 is 28.7 Å². The van der Waals surface area contributed by atoms with E-state index in [2.05, 4.69) is 29.2 Å². The third-order valence-corrected chi connectivity index (χ3v) is 5.30. The molecule has 0 saturated carbocycles. The van der Waals surface area contributed by atoms with Crippen LogP contribution >= 0.6 is 0 Å². The highest BCUT2D eigenvalue weighted by Crippen LogP contribution is 2.39. The topological polar surface area (TPSA) is 48.4 Å². The Morgan fingerprint density at radius 3 is 2.10 bits per heavy atom. The number of ether oxygens (including phenoxy) is 1. The van der Waals surface area contributed by atoms with Crippen molar-refractivity contribution in [3.05, 3.63) is 84.4 Å². The third-order valence-electron chi connectivity index (χ3n) is 5.30. The largest absolute Gasteiger partial charge is 0.497 e. The van der Waals surface area contributed by atoms with Crippen molar-refractivity contribution in [1.82, 2.24) is 0 Å². The zero-order chi connectivity index (χ0) is 22.0. The number of benzene rings is 3. The van der Waals surface area contributed by atoms with Crippen LogP contribution in [0.5, 0.6) is 5.75 Å². The first-order valence-corrected chi connectivity index (χ1v) is 10.1. The SMILES string of the molecule is COc1ccc(N2N=C(C(C)=O)N(c3ccccc3)[C@H]2c2ccc(N(C)C)cc2)cc1. The van der Waals surface area contributed by atoms with Crippen LogP contribution in [0.4, 0.5) is 17.1 Å². The Hall–Kier alpha value is -3.80. The normalized spacial score (nSPS) is 15.6. The standard InChI is InChI=1S/C25H26N4O2/c1-18(30)24-26-29(22-14-16-23(31-4)17-15-22)25(28(24)21-8-6-5-7-9-21)19-10-12-20(13-11-19)27(2)3/h5-17,25H,1-4H3/t25-/m1/s1. The number of para-hydroxylation sites is 1. The molecule has 3 aromatic rings. The molecule has 4 rings (SSSR count). The van der Waals surface area contributed by atoms with Crippen molar-refractivity contribution < 1.29 is 9.53 Å². The molecule has 0 spiro atoms. The molecule has 3 aromatic carbocycles. The van der Waals surface area contributed by atoms with E-state index in [4.69, 9.17) is 9.84 Å². The van der Waals surface area contributed by atoms with E-state index in [1.807, 2.05) is 78.6 Å². The molecule has 0 N–H and O–H groups in total. The molecule has 0 bridgehead atoms. The van der Waals surface area contributed by atoms with E-state index in [9.17, 15) is 4.79 Å². The number of nitrogens with zero attached hydrogens (tertiary/aromatic N) is 4. The molecule has 0 aliphatic carbocycles. The number of rotatable bonds is 6. The van der Waals surface area contributed by atoms with E-state index in [0.717, 1.165) is 28.4 Å². The maximum atomic E-state index is 12.6. The summed E-state index contributed by atoms with van der Waals surface area (Å²) < 4.78 is 5.31. The van der Waals surface area contributed by atoms with Crippen molar-refractivity contribution in [2.75, 3.05) is 36.0 Å². The minimum absolute atomic E-state index is 0.0882. The zero-order valence-corrected chi connectivity index (χ0v) is 18.2. The van der Waals surface area contributed by atoms with Gasteiger partial charge in [0.2, 0.25) is 0 Å². The molecule has 158 valence electrons. The second-order valence-electron chi connectivity index (χ2n) is 7.59. The molecule has 0 radical (unpaired) electrons. The van der Waals surface area contributed by atoms with Gasteiger partial charge < -0.3 is 9.64 Å². The molecule has 0 amide bonds. The quantitative estimate of drug-likeness (QED) is 0.586. The first kappa shape index (κ1) is 20.5. The number of carbonyl (C=O) groups is 1. The fraction of sp³-hybridized carbons (Fsp3) is 0.200. The molecule has 31 heavy (non-hydrogen) atoms. The van der Waals surface area contributed by atoms with E-state index in [0.29, 0.717) is 5.84 Å². The fourth-order valence-corrected chi connectivity index (χ4v) is 3.69. The lowest BCUT2D eigenvalue weighted by Gasteiger charge is -2.32. The Balaban J connectivity index is 1.85. The van der Waals surface area contributed by atoms with Crippen LogP contribution in [-0.2, 0) is 4.79 Å². The van der Waals surface area contributed by atoms with Crippen LogP contribution in [0.2, 0.25) is 0 Å². The van der Waals surface area contributed by atoms with Gasteiger partial charge in [0.1, 0.15) is 5.75 Å². The van der Waals surface area contributed by atoms with Crippen molar-refractivity contribution in [2.45, 2.75) is 13.1 Å². The number of hydrogen-bond donors (Lipinski definition) is 0. The Labute approximate surface area is 183 Å². The predicted molar refractivity (Wildman–Crippen MR) is 126 cm³/mol. The second kappa shape index (κ2) is 8.52. The van der Waals surface area contributed by atoms with Crippen LogP contribution in [0, 0.1) is 0 Å². The Kier molecular flexibility index (Phi) is 5.62. The molecule has 1 aliphatic rings. The average Bonchev–Trinajstić information content (AvgIpc) is 3.21. The predicted octanol–water partition coefficient (Wildman–Crippen LogP) is 4.69. The summed E-state index contributed by atoms with van der Waals surface area (Å²) in [4.78, 5) is 16.7. The number of amidine groups is 1. The number of hydrogen-bond acceptors (Lipinski definition) is 6. The summed E-state index contributed by atoms with van der Waals surface area (Å²) in [6.07, 6.45) is -0.300. The molecule has 1 aliphatic heterocycles. The van der Waals surface area contributed by atoms with E-state index in [1.54, 1.807) is 14.0 Å². The first-order chi connectivity index (χ1) is 15.0. The van der Waals surface area contributed by atoms with Crippen LogP contribution in [0.15, 0.2) is 84.0 Å². The lowest BCUT2D eigenvalue weighted by atomic mass is 10.1. The van der Waals surface area contributed by atoms with Crippen LogP contribution < -0.4 is 19.5 Å². The van der Waals surface area contributed by atoms with Crippen LogP contribution in [0.25, 0.3) is 0 Å². The number of anilines is 3. The smallest absolute Gasteiger partial charge is 0.198 e. The summed E-state index contributed by atoms with van der Waals surface area (Å²) in [5.74, 6) is 1.09. The van der Waals surface area contributed by atoms with Crippen LogP contribution in [0.3, 0.4) is 0 Å². The van der Waals surface area contributed by atoms with E-state index >= 15 is 0 Å². The Morgan fingerprint density at radius 1 is 0.903 bits per heavy atom. The lowest BCUT2D eigenvalue weighted by molar-refractivity contribution is -0.111. The highest BCUT2D eigenvalue weighted by molar-refractivity contribution is 6.44. The van der Waals surface area contributed by atoms with Gasteiger partial charge in [-0.1, -0.05) is 30.3 Å². The monoisotopic (exact) mass is 414 g/mol. The third kappa shape index (κ3) is 3.97. The van der Waals surface area contributed by atoms with Crippen LogP contribution in [0.1, 0.15) is 18.7 Å². The summed E-state index contributed by atoms with van der Waals surface area (Å²) >= 11 is 0. The lowest BCUT2D eigenvalue weighted by Crippen LogP contribution is -2.37. The van der Waals surface area contributed by atoms with Crippen LogP contribution in [-0.4, -0.2) is 32.8 Å².